The summed E-state index contributed by atoms with van der Waals surface area (Å²) in [4.78, 5) is 12.3. The number of benzene rings is 2. The van der Waals surface area contributed by atoms with Crippen LogP contribution in [0.25, 0.3) is 0 Å². The Balaban J connectivity index is 2.27. The van der Waals surface area contributed by atoms with Gasteiger partial charge in [0.15, 0.2) is 0 Å². The zero-order chi connectivity index (χ0) is 16.1. The highest BCUT2D eigenvalue weighted by Gasteiger charge is 2.14. The summed E-state index contributed by atoms with van der Waals surface area (Å²) >= 11 is 0. The molecule has 0 amide bonds. The minimum absolute atomic E-state index is 0.0711. The number of aliphatic carboxylic acids is 1. The minimum Gasteiger partial charge on any atom is -0.481 e. The van der Waals surface area contributed by atoms with Crippen LogP contribution in [0.3, 0.4) is 0 Å². The molecule has 1 N–H and O–H groups in total. The predicted octanol–water partition coefficient (Wildman–Crippen LogP) is 3.75. The number of aryl methyl sites for hydroxylation is 1. The van der Waals surface area contributed by atoms with E-state index in [0.717, 1.165) is 29.3 Å². The van der Waals surface area contributed by atoms with Gasteiger partial charge in [-0.3, -0.25) is 4.79 Å². The highest BCUT2D eigenvalue weighted by Crippen LogP contribution is 2.23. The van der Waals surface area contributed by atoms with Crippen molar-refractivity contribution in [3.05, 3.63) is 65.2 Å². The van der Waals surface area contributed by atoms with E-state index in [-0.39, 0.29) is 18.7 Å². The number of carbonyl (C=O) groups is 1. The molecule has 0 aliphatic heterocycles. The average Bonchev–Trinajstić information content (AvgIpc) is 2.48. The number of hydrogen-bond donors (Lipinski definition) is 1. The summed E-state index contributed by atoms with van der Waals surface area (Å²) in [6, 6.07) is 10.8. The molecule has 0 heterocycles. The lowest BCUT2D eigenvalue weighted by atomic mass is 10.1. The van der Waals surface area contributed by atoms with E-state index in [1.54, 1.807) is 0 Å². The molecule has 22 heavy (non-hydrogen) atoms. The van der Waals surface area contributed by atoms with Gasteiger partial charge in [-0.05, 0) is 24.6 Å². The third-order valence-corrected chi connectivity index (χ3v) is 3.34. The third kappa shape index (κ3) is 4.28. The van der Waals surface area contributed by atoms with Crippen LogP contribution in [0.4, 0.5) is 14.5 Å². The second-order valence-electron chi connectivity index (χ2n) is 5.15. The van der Waals surface area contributed by atoms with Crippen molar-refractivity contribution in [3.63, 3.8) is 0 Å². The van der Waals surface area contributed by atoms with E-state index in [9.17, 15) is 13.6 Å². The minimum atomic E-state index is -0.981. The van der Waals surface area contributed by atoms with Crippen LogP contribution in [0.1, 0.15) is 17.5 Å². The van der Waals surface area contributed by atoms with Crippen LogP contribution in [0.2, 0.25) is 0 Å². The summed E-state index contributed by atoms with van der Waals surface area (Å²) in [7, 11) is 0. The zero-order valence-electron chi connectivity index (χ0n) is 12.2. The van der Waals surface area contributed by atoms with Crippen molar-refractivity contribution in [2.75, 3.05) is 11.4 Å². The van der Waals surface area contributed by atoms with Crippen molar-refractivity contribution in [1.29, 1.82) is 0 Å². The SMILES string of the molecule is Cc1ccc(CN(CCC(=O)O)c2cc(F)ccc2F)cc1. The van der Waals surface area contributed by atoms with Gasteiger partial charge >= 0.3 is 5.97 Å². The number of carboxylic acids is 1. The number of carboxylic acid groups (broad SMARTS) is 1. The molecule has 0 aliphatic carbocycles. The molecule has 0 aromatic heterocycles. The van der Waals surface area contributed by atoms with E-state index in [2.05, 4.69) is 0 Å². The molecule has 2 aromatic rings. The standard InChI is InChI=1S/C17H17F2NO2/c1-12-2-4-13(5-3-12)11-20(9-8-17(21)22)16-10-14(18)6-7-15(16)19/h2-7,10H,8-9,11H2,1H3,(H,21,22). The average molecular weight is 305 g/mol. The van der Waals surface area contributed by atoms with Gasteiger partial charge in [0.1, 0.15) is 11.6 Å². The first-order valence-electron chi connectivity index (χ1n) is 6.93. The molecule has 0 atom stereocenters. The fourth-order valence-corrected chi connectivity index (χ4v) is 2.16. The van der Waals surface area contributed by atoms with Crippen molar-refractivity contribution < 1.29 is 18.7 Å². The smallest absolute Gasteiger partial charge is 0.305 e. The van der Waals surface area contributed by atoms with Crippen LogP contribution in [0, 0.1) is 18.6 Å². The quantitative estimate of drug-likeness (QED) is 0.883. The molecule has 3 nitrogen and oxygen atoms in total. The third-order valence-electron chi connectivity index (χ3n) is 3.34. The van der Waals surface area contributed by atoms with Crippen molar-refractivity contribution >= 4 is 11.7 Å². The van der Waals surface area contributed by atoms with Crippen molar-refractivity contribution in [2.45, 2.75) is 19.9 Å². The summed E-state index contributed by atoms with van der Waals surface area (Å²) < 4.78 is 27.3. The molecule has 0 spiro atoms. The Morgan fingerprint density at radius 1 is 1.14 bits per heavy atom. The maximum absolute atomic E-state index is 14.0. The van der Waals surface area contributed by atoms with Gasteiger partial charge in [0.05, 0.1) is 12.1 Å². The van der Waals surface area contributed by atoms with E-state index >= 15 is 0 Å². The van der Waals surface area contributed by atoms with E-state index in [4.69, 9.17) is 5.11 Å². The summed E-state index contributed by atoms with van der Waals surface area (Å²) in [5.41, 5.74) is 2.07. The molecule has 0 aliphatic rings. The van der Waals surface area contributed by atoms with Crippen LogP contribution < -0.4 is 4.90 Å². The lowest BCUT2D eigenvalue weighted by Gasteiger charge is -2.25. The monoisotopic (exact) mass is 305 g/mol. The Bertz CT molecular complexity index is 656. The van der Waals surface area contributed by atoms with Crippen molar-refractivity contribution in [3.8, 4) is 0 Å². The number of nitrogens with zero attached hydrogens (tertiary/aromatic N) is 1. The molecular formula is C17H17F2NO2. The molecular weight excluding hydrogens is 288 g/mol. The van der Waals surface area contributed by atoms with Gasteiger partial charge < -0.3 is 10.0 Å². The highest BCUT2D eigenvalue weighted by atomic mass is 19.1. The lowest BCUT2D eigenvalue weighted by molar-refractivity contribution is -0.136. The summed E-state index contributed by atoms with van der Waals surface area (Å²) in [5.74, 6) is -2.11. The number of halogens is 2. The Kier molecular flexibility index (Phi) is 5.09. The molecule has 2 rings (SSSR count). The molecule has 0 saturated heterocycles. The maximum Gasteiger partial charge on any atom is 0.305 e. The van der Waals surface area contributed by atoms with Gasteiger partial charge in [-0.15, -0.1) is 0 Å². The molecule has 116 valence electrons. The highest BCUT2D eigenvalue weighted by molar-refractivity contribution is 5.67. The summed E-state index contributed by atoms with van der Waals surface area (Å²) in [5, 5.41) is 8.84. The Morgan fingerprint density at radius 3 is 2.45 bits per heavy atom. The Morgan fingerprint density at radius 2 is 1.82 bits per heavy atom. The maximum atomic E-state index is 14.0. The number of anilines is 1. The van der Waals surface area contributed by atoms with Crippen LogP contribution in [0.15, 0.2) is 42.5 Å². The molecule has 0 radical (unpaired) electrons. The van der Waals surface area contributed by atoms with Gasteiger partial charge in [0.25, 0.3) is 0 Å². The van der Waals surface area contributed by atoms with E-state index in [1.165, 1.54) is 4.90 Å². The van der Waals surface area contributed by atoms with Gasteiger partial charge in [0.2, 0.25) is 0 Å². The van der Waals surface area contributed by atoms with Gasteiger partial charge in [-0.25, -0.2) is 8.78 Å². The van der Waals surface area contributed by atoms with Gasteiger partial charge in [-0.1, -0.05) is 29.8 Å². The molecule has 2 aromatic carbocycles. The number of rotatable bonds is 6. The Labute approximate surface area is 127 Å². The topological polar surface area (TPSA) is 40.5 Å². The fourth-order valence-electron chi connectivity index (χ4n) is 2.16. The first-order valence-corrected chi connectivity index (χ1v) is 6.93. The second kappa shape index (κ2) is 7.02. The van der Waals surface area contributed by atoms with Crippen LogP contribution in [-0.2, 0) is 11.3 Å². The largest absolute Gasteiger partial charge is 0.481 e. The van der Waals surface area contributed by atoms with E-state index < -0.39 is 17.6 Å². The van der Waals surface area contributed by atoms with Crippen LogP contribution in [0.5, 0.6) is 0 Å². The molecule has 0 saturated carbocycles. The predicted molar refractivity (Wildman–Crippen MR) is 80.8 cm³/mol. The summed E-state index contributed by atoms with van der Waals surface area (Å²) in [6.45, 7) is 2.37. The van der Waals surface area contributed by atoms with Crippen molar-refractivity contribution in [1.82, 2.24) is 0 Å². The first kappa shape index (κ1) is 15.9. The normalized spacial score (nSPS) is 10.5. The first-order chi connectivity index (χ1) is 10.5. The molecule has 0 unspecified atom stereocenters. The van der Waals surface area contributed by atoms with Gasteiger partial charge in [-0.2, -0.15) is 0 Å². The van der Waals surface area contributed by atoms with Crippen LogP contribution in [-0.4, -0.2) is 17.6 Å². The summed E-state index contributed by atoms with van der Waals surface area (Å²) in [6.07, 6.45) is -0.151. The lowest BCUT2D eigenvalue weighted by Crippen LogP contribution is -2.26. The molecule has 0 bridgehead atoms. The molecule has 0 fully saturated rings. The number of hydrogen-bond acceptors (Lipinski definition) is 2. The van der Waals surface area contributed by atoms with Crippen LogP contribution >= 0.6 is 0 Å². The van der Waals surface area contributed by atoms with E-state index in [0.29, 0.717) is 6.54 Å². The second-order valence-corrected chi connectivity index (χ2v) is 5.15. The molecule has 5 heteroatoms. The fraction of sp³-hybridized carbons (Fsp3) is 0.235. The zero-order valence-corrected chi connectivity index (χ0v) is 12.2. The van der Waals surface area contributed by atoms with E-state index in [1.807, 2.05) is 31.2 Å². The van der Waals surface area contributed by atoms with Gasteiger partial charge in [0, 0.05) is 19.2 Å². The van der Waals surface area contributed by atoms with Crippen molar-refractivity contribution in [2.24, 2.45) is 0 Å². The Hall–Kier alpha value is -2.43.